The maximum Gasteiger partial charge on any atom is 0.251 e. The highest BCUT2D eigenvalue weighted by atomic mass is 32.2. The Morgan fingerprint density at radius 3 is 2.50 bits per heavy atom. The molecule has 5 heterocycles. The van der Waals surface area contributed by atoms with E-state index in [-0.39, 0.29) is 11.9 Å². The number of amides is 1. The van der Waals surface area contributed by atoms with Crippen molar-refractivity contribution < 1.29 is 13.9 Å². The van der Waals surface area contributed by atoms with Crippen LogP contribution in [0.25, 0.3) is 0 Å². The van der Waals surface area contributed by atoms with Crippen LogP contribution in [0.4, 0.5) is 5.69 Å². The maximum absolute atomic E-state index is 12.9. The van der Waals surface area contributed by atoms with Crippen LogP contribution in [0.5, 0.6) is 0 Å². The Hall–Kier alpha value is -1.96. The van der Waals surface area contributed by atoms with Crippen LogP contribution in [0.2, 0.25) is 0 Å². The van der Waals surface area contributed by atoms with Crippen LogP contribution in [0, 0.1) is 5.92 Å². The summed E-state index contributed by atoms with van der Waals surface area (Å²) in [5.41, 5.74) is 1.83. The SMILES string of the molecule is C[C@H]1[C@H](NC(=O)c2ccc(Sc3occc3N3CCOCC3)cc2)C2CCN1CC2. The molecule has 0 saturated carbocycles. The van der Waals surface area contributed by atoms with Crippen molar-refractivity contribution in [2.24, 2.45) is 5.92 Å². The van der Waals surface area contributed by atoms with Crippen molar-refractivity contribution in [2.45, 2.75) is 41.8 Å². The number of hydrogen-bond acceptors (Lipinski definition) is 6. The number of nitrogens with one attached hydrogen (secondary N) is 1. The van der Waals surface area contributed by atoms with E-state index in [0.29, 0.717) is 12.0 Å². The molecule has 1 N–H and O–H groups in total. The number of fused-ring (bicyclic) bond motifs is 3. The van der Waals surface area contributed by atoms with Gasteiger partial charge in [-0.25, -0.2) is 0 Å². The first-order valence-corrected chi connectivity index (χ1v) is 11.7. The third-order valence-corrected chi connectivity index (χ3v) is 7.76. The van der Waals surface area contributed by atoms with Gasteiger partial charge >= 0.3 is 0 Å². The molecule has 0 radical (unpaired) electrons. The molecule has 1 amide bonds. The van der Waals surface area contributed by atoms with Gasteiger partial charge in [-0.1, -0.05) is 0 Å². The van der Waals surface area contributed by atoms with E-state index in [1.54, 1.807) is 18.0 Å². The van der Waals surface area contributed by atoms with Crippen LogP contribution in [0.1, 0.15) is 30.1 Å². The third-order valence-electron chi connectivity index (χ3n) is 6.76. The van der Waals surface area contributed by atoms with E-state index < -0.39 is 0 Å². The van der Waals surface area contributed by atoms with Crippen LogP contribution >= 0.6 is 11.8 Å². The second-order valence-electron chi connectivity index (χ2n) is 8.43. The highest BCUT2D eigenvalue weighted by molar-refractivity contribution is 7.99. The van der Waals surface area contributed by atoms with Crippen molar-refractivity contribution in [2.75, 3.05) is 44.3 Å². The lowest BCUT2D eigenvalue weighted by Crippen LogP contribution is -2.62. The first-order chi connectivity index (χ1) is 14.7. The zero-order valence-corrected chi connectivity index (χ0v) is 18.2. The number of ether oxygens (including phenoxy) is 1. The van der Waals surface area contributed by atoms with Gasteiger partial charge in [0, 0.05) is 41.7 Å². The molecular formula is C23H29N3O3S. The highest BCUT2D eigenvalue weighted by Crippen LogP contribution is 2.37. The molecule has 2 aromatic rings. The quantitative estimate of drug-likeness (QED) is 0.789. The molecule has 2 bridgehead atoms. The minimum atomic E-state index is 0.0316. The van der Waals surface area contributed by atoms with Crippen LogP contribution in [0.3, 0.4) is 0 Å². The first-order valence-electron chi connectivity index (χ1n) is 10.9. The van der Waals surface area contributed by atoms with E-state index in [0.717, 1.165) is 47.5 Å². The summed E-state index contributed by atoms with van der Waals surface area (Å²) in [5, 5.41) is 4.19. The molecule has 6 nitrogen and oxygen atoms in total. The average Bonchev–Trinajstić information content (AvgIpc) is 3.25. The van der Waals surface area contributed by atoms with Crippen molar-refractivity contribution in [1.29, 1.82) is 0 Å². The molecule has 6 rings (SSSR count). The fourth-order valence-electron chi connectivity index (χ4n) is 4.97. The molecular weight excluding hydrogens is 398 g/mol. The number of nitrogens with zero attached hydrogens (tertiary/aromatic N) is 2. The van der Waals surface area contributed by atoms with E-state index in [1.807, 2.05) is 30.3 Å². The summed E-state index contributed by atoms with van der Waals surface area (Å²) in [7, 11) is 0. The van der Waals surface area contributed by atoms with Gasteiger partial charge in [-0.3, -0.25) is 9.69 Å². The van der Waals surface area contributed by atoms with E-state index in [2.05, 4.69) is 22.0 Å². The standard InChI is InChI=1S/C23H29N3O3S/c1-16-21(17-6-9-25(16)10-7-17)24-22(27)18-2-4-19(5-3-18)30-23-20(8-13-29-23)26-11-14-28-15-12-26/h2-5,8,13,16-17,21H,6-7,9-12,14-15H2,1H3,(H,24,27)/t16-,21-/m0/s1. The zero-order chi connectivity index (χ0) is 20.5. The van der Waals surface area contributed by atoms with Crippen LogP contribution in [-0.2, 0) is 4.74 Å². The van der Waals surface area contributed by atoms with Gasteiger partial charge in [-0.15, -0.1) is 0 Å². The van der Waals surface area contributed by atoms with Crippen molar-refractivity contribution in [3.63, 3.8) is 0 Å². The molecule has 0 spiro atoms. The lowest BCUT2D eigenvalue weighted by Gasteiger charge is -2.49. The Morgan fingerprint density at radius 1 is 1.07 bits per heavy atom. The Bertz CT molecular complexity index is 868. The van der Waals surface area contributed by atoms with Gasteiger partial charge in [0.05, 0.1) is 25.2 Å². The molecule has 0 unspecified atom stereocenters. The number of morpholine rings is 1. The Kier molecular flexibility index (Phi) is 5.76. The third kappa shape index (κ3) is 3.98. The van der Waals surface area contributed by atoms with Gasteiger partial charge in [0.15, 0.2) is 5.09 Å². The number of piperidine rings is 3. The number of benzene rings is 1. The van der Waals surface area contributed by atoms with Crippen LogP contribution < -0.4 is 10.2 Å². The second kappa shape index (κ2) is 8.65. The smallest absolute Gasteiger partial charge is 0.251 e. The lowest BCUT2D eigenvalue weighted by molar-refractivity contribution is 0.0217. The molecule has 30 heavy (non-hydrogen) atoms. The summed E-state index contributed by atoms with van der Waals surface area (Å²) in [6.07, 6.45) is 4.13. The number of anilines is 1. The van der Waals surface area contributed by atoms with E-state index in [1.165, 1.54) is 25.9 Å². The number of rotatable bonds is 5. The number of carbonyl (C=O) groups excluding carboxylic acids is 1. The molecule has 7 heteroatoms. The molecule has 160 valence electrons. The summed E-state index contributed by atoms with van der Waals surface area (Å²) in [4.78, 5) is 18.7. The van der Waals surface area contributed by atoms with Gasteiger partial charge in [0.2, 0.25) is 0 Å². The monoisotopic (exact) mass is 427 g/mol. The predicted octanol–water partition coefficient (Wildman–Crippen LogP) is 3.48. The number of hydrogen-bond donors (Lipinski definition) is 1. The Labute approximate surface area is 181 Å². The van der Waals surface area contributed by atoms with Gasteiger partial charge < -0.3 is 19.4 Å². The van der Waals surface area contributed by atoms with Crippen LogP contribution in [0.15, 0.2) is 51.0 Å². The van der Waals surface area contributed by atoms with Crippen LogP contribution in [-0.4, -0.2) is 62.3 Å². The minimum Gasteiger partial charge on any atom is -0.456 e. The summed E-state index contributed by atoms with van der Waals surface area (Å²) in [5.74, 6) is 0.644. The molecule has 1 aromatic carbocycles. The van der Waals surface area contributed by atoms with Crippen molar-refractivity contribution in [3.05, 3.63) is 42.2 Å². The van der Waals surface area contributed by atoms with Crippen molar-refractivity contribution in [1.82, 2.24) is 10.2 Å². The molecule has 4 aliphatic heterocycles. The van der Waals surface area contributed by atoms with Crippen molar-refractivity contribution in [3.8, 4) is 0 Å². The van der Waals surface area contributed by atoms with E-state index >= 15 is 0 Å². The molecule has 1 aromatic heterocycles. The fourth-order valence-corrected chi connectivity index (χ4v) is 5.86. The molecule has 2 atom stereocenters. The summed E-state index contributed by atoms with van der Waals surface area (Å²) in [6, 6.07) is 10.5. The maximum atomic E-state index is 12.9. The molecule has 4 fully saturated rings. The summed E-state index contributed by atoms with van der Waals surface area (Å²) >= 11 is 1.59. The predicted molar refractivity (Wildman–Crippen MR) is 117 cm³/mol. The topological polar surface area (TPSA) is 58.0 Å². The first kappa shape index (κ1) is 20.0. The largest absolute Gasteiger partial charge is 0.456 e. The highest BCUT2D eigenvalue weighted by Gasteiger charge is 2.40. The lowest BCUT2D eigenvalue weighted by atomic mass is 9.79. The van der Waals surface area contributed by atoms with Gasteiger partial charge in [-0.2, -0.15) is 0 Å². The molecule has 4 saturated heterocycles. The molecule has 0 aliphatic carbocycles. The Balaban J connectivity index is 1.23. The molecule has 4 aliphatic rings. The number of furan rings is 1. The average molecular weight is 428 g/mol. The van der Waals surface area contributed by atoms with Gasteiger partial charge in [0.25, 0.3) is 5.91 Å². The normalized spacial score (nSPS) is 28.5. The zero-order valence-electron chi connectivity index (χ0n) is 17.4. The fraction of sp³-hybridized carbons (Fsp3) is 0.522. The van der Waals surface area contributed by atoms with Crippen molar-refractivity contribution >= 4 is 23.4 Å². The van der Waals surface area contributed by atoms with Gasteiger partial charge in [0.1, 0.15) is 0 Å². The second-order valence-corrected chi connectivity index (χ2v) is 9.48. The minimum absolute atomic E-state index is 0.0316. The van der Waals surface area contributed by atoms with Gasteiger partial charge in [-0.05, 0) is 74.8 Å². The Morgan fingerprint density at radius 2 is 1.80 bits per heavy atom. The van der Waals surface area contributed by atoms with E-state index in [9.17, 15) is 4.79 Å². The van der Waals surface area contributed by atoms with E-state index in [4.69, 9.17) is 9.15 Å². The number of carbonyl (C=O) groups is 1. The summed E-state index contributed by atoms with van der Waals surface area (Å²) in [6.45, 7) is 7.83. The summed E-state index contributed by atoms with van der Waals surface area (Å²) < 4.78 is 11.2.